The van der Waals surface area contributed by atoms with Gasteiger partial charge in [0.15, 0.2) is 5.70 Å². The Labute approximate surface area is 284 Å². The van der Waals surface area contributed by atoms with E-state index in [2.05, 4.69) is 71.6 Å². The van der Waals surface area contributed by atoms with Gasteiger partial charge in [-0.3, -0.25) is 0 Å². The van der Waals surface area contributed by atoms with Gasteiger partial charge in [-0.1, -0.05) is 151 Å². The van der Waals surface area contributed by atoms with E-state index in [0.717, 1.165) is 67.8 Å². The SMILES string of the molecule is [C-]#[N+]/C(=C\c1ccc(-c2ccc(-c3ccc(-c4ccc(/C=C(\C#N)c5ccc(C)cc5)cc4)cc3)cc2)cc1)c1ccc(C(F)(F)F)cc1. The minimum absolute atomic E-state index is 0.272. The van der Waals surface area contributed by atoms with Crippen LogP contribution in [-0.4, -0.2) is 0 Å². The summed E-state index contributed by atoms with van der Waals surface area (Å²) < 4.78 is 38.7. The molecular weight excluding hydrogens is 613 g/mol. The Kier molecular flexibility index (Phi) is 9.38. The summed E-state index contributed by atoms with van der Waals surface area (Å²) in [6.07, 6.45) is -0.834. The van der Waals surface area contributed by atoms with Crippen LogP contribution in [0.5, 0.6) is 0 Å². The fraction of sp³-hybridized carbons (Fsp3) is 0.0455. The van der Waals surface area contributed by atoms with Crippen LogP contribution in [0.3, 0.4) is 0 Å². The number of rotatable bonds is 7. The van der Waals surface area contributed by atoms with Crippen molar-refractivity contribution >= 4 is 23.4 Å². The van der Waals surface area contributed by atoms with Gasteiger partial charge in [-0.15, -0.1) is 0 Å². The van der Waals surface area contributed by atoms with Crippen LogP contribution in [0.25, 0.3) is 61.6 Å². The van der Waals surface area contributed by atoms with E-state index < -0.39 is 11.7 Å². The molecule has 0 spiro atoms. The van der Waals surface area contributed by atoms with Gasteiger partial charge in [0.05, 0.1) is 23.8 Å². The number of nitriles is 1. The summed E-state index contributed by atoms with van der Waals surface area (Å²) in [5.74, 6) is 0. The zero-order valence-corrected chi connectivity index (χ0v) is 26.5. The highest BCUT2D eigenvalue weighted by atomic mass is 19.4. The summed E-state index contributed by atoms with van der Waals surface area (Å²) in [6.45, 7) is 9.56. The smallest absolute Gasteiger partial charge is 0.238 e. The van der Waals surface area contributed by atoms with Gasteiger partial charge in [0, 0.05) is 0 Å². The van der Waals surface area contributed by atoms with Crippen LogP contribution in [0, 0.1) is 24.8 Å². The van der Waals surface area contributed by atoms with Crippen LogP contribution in [0.1, 0.15) is 33.4 Å². The molecule has 2 nitrogen and oxygen atoms in total. The first-order chi connectivity index (χ1) is 23.7. The molecule has 0 fully saturated rings. The van der Waals surface area contributed by atoms with Gasteiger partial charge in [-0.05, 0) is 74.7 Å². The van der Waals surface area contributed by atoms with E-state index in [1.165, 1.54) is 12.1 Å². The van der Waals surface area contributed by atoms with E-state index in [0.29, 0.717) is 11.1 Å². The molecule has 0 heterocycles. The Balaban J connectivity index is 1.12. The van der Waals surface area contributed by atoms with E-state index in [9.17, 15) is 18.4 Å². The number of allylic oxidation sites excluding steroid dienone is 1. The number of nitrogens with zero attached hydrogens (tertiary/aromatic N) is 2. The van der Waals surface area contributed by atoms with E-state index in [1.54, 1.807) is 6.08 Å². The predicted molar refractivity (Wildman–Crippen MR) is 193 cm³/mol. The fourth-order valence-corrected chi connectivity index (χ4v) is 5.50. The van der Waals surface area contributed by atoms with Gasteiger partial charge in [-0.25, -0.2) is 4.85 Å². The van der Waals surface area contributed by atoms with Crippen molar-refractivity contribution in [2.24, 2.45) is 0 Å². The lowest BCUT2D eigenvalue weighted by atomic mass is 9.97. The van der Waals surface area contributed by atoms with E-state index >= 15 is 0 Å². The Morgan fingerprint density at radius 1 is 0.551 bits per heavy atom. The Bertz CT molecular complexity index is 2210. The lowest BCUT2D eigenvalue weighted by Crippen LogP contribution is -2.04. The highest BCUT2D eigenvalue weighted by Crippen LogP contribution is 2.32. The Morgan fingerprint density at radius 3 is 1.29 bits per heavy atom. The molecule has 0 saturated heterocycles. The predicted octanol–water partition coefficient (Wildman–Crippen LogP) is 12.5. The largest absolute Gasteiger partial charge is 0.416 e. The molecule has 0 aliphatic carbocycles. The fourth-order valence-electron chi connectivity index (χ4n) is 5.50. The van der Waals surface area contributed by atoms with Crippen molar-refractivity contribution in [1.29, 1.82) is 5.26 Å². The van der Waals surface area contributed by atoms with Gasteiger partial charge >= 0.3 is 6.18 Å². The topological polar surface area (TPSA) is 28.1 Å². The lowest BCUT2D eigenvalue weighted by Gasteiger charge is -2.08. The molecule has 0 bridgehead atoms. The zero-order valence-electron chi connectivity index (χ0n) is 26.5. The monoisotopic (exact) mass is 642 g/mol. The van der Waals surface area contributed by atoms with E-state index in [4.69, 9.17) is 6.57 Å². The number of hydrogen-bond acceptors (Lipinski definition) is 1. The first kappa shape index (κ1) is 32.5. The van der Waals surface area contributed by atoms with Crippen molar-refractivity contribution in [1.82, 2.24) is 0 Å². The summed E-state index contributed by atoms with van der Waals surface area (Å²) in [7, 11) is 0. The molecule has 6 rings (SSSR count). The summed E-state index contributed by atoms with van der Waals surface area (Å²) >= 11 is 0. The van der Waals surface area contributed by atoms with Crippen LogP contribution in [0.2, 0.25) is 0 Å². The van der Waals surface area contributed by atoms with Crippen LogP contribution in [0.4, 0.5) is 13.2 Å². The molecule has 5 heteroatoms. The second kappa shape index (κ2) is 14.1. The molecule has 6 aromatic carbocycles. The second-order valence-electron chi connectivity index (χ2n) is 11.7. The number of halogens is 3. The van der Waals surface area contributed by atoms with E-state index in [1.807, 2.05) is 73.7 Å². The molecule has 0 atom stereocenters. The zero-order chi connectivity index (χ0) is 34.4. The third kappa shape index (κ3) is 7.76. The maximum absolute atomic E-state index is 12.9. The molecular formula is C44H29F3N2. The van der Waals surface area contributed by atoms with Crippen molar-refractivity contribution in [3.05, 3.63) is 190 Å². The average molecular weight is 643 g/mol. The van der Waals surface area contributed by atoms with Crippen molar-refractivity contribution in [3.63, 3.8) is 0 Å². The highest BCUT2D eigenvalue weighted by molar-refractivity contribution is 5.90. The van der Waals surface area contributed by atoms with Gasteiger partial charge < -0.3 is 0 Å². The average Bonchev–Trinajstić information content (AvgIpc) is 3.14. The number of alkyl halides is 3. The maximum atomic E-state index is 12.9. The molecule has 0 unspecified atom stereocenters. The van der Waals surface area contributed by atoms with Crippen molar-refractivity contribution in [2.45, 2.75) is 13.1 Å². The number of benzene rings is 6. The maximum Gasteiger partial charge on any atom is 0.416 e. The molecule has 0 radical (unpaired) electrons. The van der Waals surface area contributed by atoms with Gasteiger partial charge in [-0.2, -0.15) is 18.4 Å². The number of aryl methyl sites for hydroxylation is 1. The van der Waals surface area contributed by atoms with Crippen LogP contribution in [-0.2, 0) is 6.18 Å². The first-order valence-electron chi connectivity index (χ1n) is 15.6. The Morgan fingerprint density at radius 2 is 0.918 bits per heavy atom. The lowest BCUT2D eigenvalue weighted by molar-refractivity contribution is -0.137. The minimum atomic E-state index is -4.42. The number of hydrogen-bond donors (Lipinski definition) is 0. The van der Waals surface area contributed by atoms with Crippen molar-refractivity contribution in [2.75, 3.05) is 0 Å². The van der Waals surface area contributed by atoms with Crippen LogP contribution < -0.4 is 0 Å². The van der Waals surface area contributed by atoms with Gasteiger partial charge in [0.1, 0.15) is 0 Å². The van der Waals surface area contributed by atoms with Gasteiger partial charge in [0.25, 0.3) is 0 Å². The molecule has 6 aromatic rings. The van der Waals surface area contributed by atoms with Gasteiger partial charge in [0.2, 0.25) is 0 Å². The molecule has 0 saturated carbocycles. The normalized spacial score (nSPS) is 11.9. The van der Waals surface area contributed by atoms with Crippen LogP contribution in [0.15, 0.2) is 146 Å². The molecule has 0 N–H and O–H groups in total. The van der Waals surface area contributed by atoms with Crippen molar-refractivity contribution < 1.29 is 13.2 Å². The molecule has 0 aliphatic rings. The minimum Gasteiger partial charge on any atom is -0.238 e. The van der Waals surface area contributed by atoms with Crippen molar-refractivity contribution in [3.8, 4) is 39.4 Å². The third-order valence-corrected chi connectivity index (χ3v) is 8.32. The standard InChI is InChI=1S/C44H29F3N2/c1-30-3-9-39(10-4-30)41(29-48)27-31-5-11-33(12-6-31)35-15-19-37(20-16-35)38-21-17-36(18-22-38)34-13-7-32(8-14-34)28-43(49-2)40-23-25-42(26-24-40)44(45,46)47/h3-28H,1H3/b41-27+,43-28-. The molecule has 0 aliphatic heterocycles. The Hall–Kier alpha value is -6.43. The van der Waals surface area contributed by atoms with E-state index in [-0.39, 0.29) is 5.70 Å². The summed E-state index contributed by atoms with van der Waals surface area (Å²) in [4.78, 5) is 3.53. The summed E-state index contributed by atoms with van der Waals surface area (Å²) in [5.41, 5.74) is 10.8. The van der Waals surface area contributed by atoms with Crippen LogP contribution >= 0.6 is 0 Å². The molecule has 49 heavy (non-hydrogen) atoms. The molecule has 0 aromatic heterocycles. The first-order valence-corrected chi connectivity index (χ1v) is 15.6. The molecule has 236 valence electrons. The summed E-state index contributed by atoms with van der Waals surface area (Å²) in [6, 6.07) is 47.6. The quantitative estimate of drug-likeness (QED) is 0.0967. The molecule has 0 amide bonds. The highest BCUT2D eigenvalue weighted by Gasteiger charge is 2.30. The summed E-state index contributed by atoms with van der Waals surface area (Å²) in [5, 5.41) is 9.68. The second-order valence-corrected chi connectivity index (χ2v) is 11.7. The third-order valence-electron chi connectivity index (χ3n) is 8.32.